The number of anilines is 1. The molecule has 0 bridgehead atoms. The van der Waals surface area contributed by atoms with E-state index in [9.17, 15) is 9.59 Å². The van der Waals surface area contributed by atoms with Crippen LogP contribution in [0, 0.1) is 0 Å². The molecule has 160 valence electrons. The Kier molecular flexibility index (Phi) is 6.47. The van der Waals surface area contributed by atoms with Gasteiger partial charge in [-0.15, -0.1) is 0 Å². The van der Waals surface area contributed by atoms with Gasteiger partial charge < -0.3 is 15.5 Å². The van der Waals surface area contributed by atoms with Crippen LogP contribution in [0.1, 0.15) is 22.3 Å². The number of benzene rings is 3. The van der Waals surface area contributed by atoms with Crippen LogP contribution < -0.4 is 5.73 Å². The van der Waals surface area contributed by atoms with E-state index in [4.69, 9.17) is 5.73 Å². The predicted molar refractivity (Wildman–Crippen MR) is 128 cm³/mol. The van der Waals surface area contributed by atoms with E-state index >= 15 is 0 Å². The third-order valence-corrected chi connectivity index (χ3v) is 6.44. The van der Waals surface area contributed by atoms with Crippen LogP contribution in [-0.4, -0.2) is 52.8 Å². The Morgan fingerprint density at radius 2 is 1.87 bits per heavy atom. The zero-order valence-corrected chi connectivity index (χ0v) is 18.5. The summed E-state index contributed by atoms with van der Waals surface area (Å²) in [6.45, 7) is 1.64. The summed E-state index contributed by atoms with van der Waals surface area (Å²) in [5.74, 6) is 0.766. The molecule has 1 heterocycles. The first-order valence-corrected chi connectivity index (χ1v) is 11.9. The SMILES string of the molecule is CSCC[C@H]1C(=O)N(Cc2ccccc2)CCN1C(=O)c1cccc2cc(N)ccc12. The number of hydrogen-bond donors (Lipinski definition) is 1. The third kappa shape index (κ3) is 4.54. The Bertz CT molecular complexity index is 1090. The molecule has 0 saturated carbocycles. The highest BCUT2D eigenvalue weighted by Gasteiger charge is 2.37. The van der Waals surface area contributed by atoms with Crippen molar-refractivity contribution in [3.63, 3.8) is 0 Å². The van der Waals surface area contributed by atoms with Gasteiger partial charge in [-0.2, -0.15) is 11.8 Å². The average molecular weight is 434 g/mol. The molecule has 1 aliphatic rings. The minimum atomic E-state index is -0.443. The van der Waals surface area contributed by atoms with E-state index in [1.54, 1.807) is 16.7 Å². The second-order valence-corrected chi connectivity index (χ2v) is 8.81. The van der Waals surface area contributed by atoms with Gasteiger partial charge in [-0.3, -0.25) is 9.59 Å². The Balaban J connectivity index is 1.61. The average Bonchev–Trinajstić information content (AvgIpc) is 2.79. The van der Waals surface area contributed by atoms with Crippen molar-refractivity contribution in [1.29, 1.82) is 0 Å². The Morgan fingerprint density at radius 1 is 1.06 bits per heavy atom. The number of carbonyl (C=O) groups is 2. The molecule has 2 N–H and O–H groups in total. The normalized spacial score (nSPS) is 16.7. The topological polar surface area (TPSA) is 66.6 Å². The van der Waals surface area contributed by atoms with E-state index in [1.807, 2.05) is 77.9 Å². The first-order valence-electron chi connectivity index (χ1n) is 10.5. The molecule has 1 aliphatic heterocycles. The maximum atomic E-state index is 13.6. The number of nitrogens with zero attached hydrogens (tertiary/aromatic N) is 2. The molecule has 3 aromatic carbocycles. The molecule has 0 aliphatic carbocycles. The lowest BCUT2D eigenvalue weighted by Gasteiger charge is -2.41. The molecular formula is C25H27N3O2S. The van der Waals surface area contributed by atoms with Crippen LogP contribution in [-0.2, 0) is 11.3 Å². The minimum Gasteiger partial charge on any atom is -0.399 e. The van der Waals surface area contributed by atoms with Crippen LogP contribution >= 0.6 is 11.8 Å². The fraction of sp³-hybridized carbons (Fsp3) is 0.280. The van der Waals surface area contributed by atoms with E-state index < -0.39 is 6.04 Å². The second-order valence-electron chi connectivity index (χ2n) is 7.83. The zero-order valence-electron chi connectivity index (χ0n) is 17.7. The van der Waals surface area contributed by atoms with Crippen LogP contribution in [0.15, 0.2) is 66.7 Å². The molecule has 1 saturated heterocycles. The lowest BCUT2D eigenvalue weighted by atomic mass is 10.0. The Hall–Kier alpha value is -2.99. The van der Waals surface area contributed by atoms with Crippen molar-refractivity contribution < 1.29 is 9.59 Å². The molecule has 1 fully saturated rings. The van der Waals surface area contributed by atoms with Crippen molar-refractivity contribution in [2.45, 2.75) is 19.0 Å². The summed E-state index contributed by atoms with van der Waals surface area (Å²) in [6.07, 6.45) is 2.67. The molecule has 5 nitrogen and oxygen atoms in total. The fourth-order valence-electron chi connectivity index (χ4n) is 4.19. The van der Waals surface area contributed by atoms with Crippen molar-refractivity contribution in [3.8, 4) is 0 Å². The van der Waals surface area contributed by atoms with Crippen LogP contribution in [0.25, 0.3) is 10.8 Å². The molecule has 4 rings (SSSR count). The highest BCUT2D eigenvalue weighted by atomic mass is 32.2. The summed E-state index contributed by atoms with van der Waals surface area (Å²) in [5, 5.41) is 1.80. The van der Waals surface area contributed by atoms with Gasteiger partial charge in [0.05, 0.1) is 0 Å². The summed E-state index contributed by atoms with van der Waals surface area (Å²) >= 11 is 1.69. The van der Waals surface area contributed by atoms with Crippen LogP contribution in [0.4, 0.5) is 5.69 Å². The molecule has 0 unspecified atom stereocenters. The minimum absolute atomic E-state index is 0.0296. The lowest BCUT2D eigenvalue weighted by Crippen LogP contribution is -2.58. The maximum absolute atomic E-state index is 13.6. The summed E-state index contributed by atoms with van der Waals surface area (Å²) < 4.78 is 0. The molecule has 1 atom stereocenters. The number of hydrogen-bond acceptors (Lipinski definition) is 4. The van der Waals surface area contributed by atoms with Gasteiger partial charge in [-0.1, -0.05) is 48.5 Å². The standard InChI is InChI=1S/C25H27N3O2S/c1-31-15-12-23-25(30)27(17-18-6-3-2-4-7-18)13-14-28(23)24(29)22-9-5-8-19-16-20(26)10-11-21(19)22/h2-11,16,23H,12-15,17,26H2,1H3/t23-/m0/s1. The first-order chi connectivity index (χ1) is 15.1. The summed E-state index contributed by atoms with van der Waals surface area (Å²) in [7, 11) is 0. The molecule has 31 heavy (non-hydrogen) atoms. The maximum Gasteiger partial charge on any atom is 0.255 e. The van der Waals surface area contributed by atoms with Gasteiger partial charge in [-0.05, 0) is 53.0 Å². The van der Waals surface area contributed by atoms with Crippen LogP contribution in [0.2, 0.25) is 0 Å². The van der Waals surface area contributed by atoms with Crippen molar-refractivity contribution >= 4 is 40.0 Å². The van der Waals surface area contributed by atoms with Gasteiger partial charge in [-0.25, -0.2) is 0 Å². The number of piperazine rings is 1. The lowest BCUT2D eigenvalue weighted by molar-refractivity contribution is -0.141. The van der Waals surface area contributed by atoms with Crippen molar-refractivity contribution in [2.75, 3.05) is 30.8 Å². The Labute approximate surface area is 187 Å². The number of nitrogens with two attached hydrogens (primary N) is 1. The summed E-state index contributed by atoms with van der Waals surface area (Å²) in [4.78, 5) is 30.6. The van der Waals surface area contributed by atoms with Gasteiger partial charge >= 0.3 is 0 Å². The summed E-state index contributed by atoms with van der Waals surface area (Å²) in [6, 6.07) is 20.8. The highest BCUT2D eigenvalue weighted by Crippen LogP contribution is 2.26. The molecule has 6 heteroatoms. The highest BCUT2D eigenvalue weighted by molar-refractivity contribution is 7.98. The van der Waals surface area contributed by atoms with Crippen LogP contribution in [0.3, 0.4) is 0 Å². The first kappa shape index (κ1) is 21.2. The van der Waals surface area contributed by atoms with Gasteiger partial charge in [0.2, 0.25) is 5.91 Å². The molecule has 0 aromatic heterocycles. The third-order valence-electron chi connectivity index (χ3n) is 5.79. The van der Waals surface area contributed by atoms with Crippen molar-refractivity contribution in [2.24, 2.45) is 0 Å². The fourth-order valence-corrected chi connectivity index (χ4v) is 4.65. The van der Waals surface area contributed by atoms with E-state index in [-0.39, 0.29) is 11.8 Å². The number of carbonyl (C=O) groups excluding carboxylic acids is 2. The quantitative estimate of drug-likeness (QED) is 0.596. The number of thioether (sulfide) groups is 1. The largest absolute Gasteiger partial charge is 0.399 e. The molecule has 0 spiro atoms. The molecule has 2 amide bonds. The number of nitrogen functional groups attached to an aromatic ring is 1. The summed E-state index contributed by atoms with van der Waals surface area (Å²) in [5.41, 5.74) is 8.31. The van der Waals surface area contributed by atoms with E-state index in [1.165, 1.54) is 0 Å². The van der Waals surface area contributed by atoms with Crippen molar-refractivity contribution in [3.05, 3.63) is 77.9 Å². The molecular weight excluding hydrogens is 406 g/mol. The van der Waals surface area contributed by atoms with Crippen molar-refractivity contribution in [1.82, 2.24) is 9.80 Å². The number of rotatable bonds is 6. The predicted octanol–water partition coefficient (Wildman–Crippen LogP) is 4.03. The number of amides is 2. The van der Waals surface area contributed by atoms with Gasteiger partial charge in [0.25, 0.3) is 5.91 Å². The second kappa shape index (κ2) is 9.43. The zero-order chi connectivity index (χ0) is 21.8. The van der Waals surface area contributed by atoms with Gasteiger partial charge in [0, 0.05) is 30.9 Å². The van der Waals surface area contributed by atoms with E-state index in [0.717, 1.165) is 22.1 Å². The molecule has 0 radical (unpaired) electrons. The van der Waals surface area contributed by atoms with Crippen LogP contribution in [0.5, 0.6) is 0 Å². The number of fused-ring (bicyclic) bond motifs is 1. The molecule has 3 aromatic rings. The van der Waals surface area contributed by atoms with Gasteiger partial charge in [0.1, 0.15) is 6.04 Å². The van der Waals surface area contributed by atoms with E-state index in [0.29, 0.717) is 37.3 Å². The van der Waals surface area contributed by atoms with E-state index in [2.05, 4.69) is 0 Å². The smallest absolute Gasteiger partial charge is 0.255 e. The Morgan fingerprint density at radius 3 is 2.65 bits per heavy atom. The van der Waals surface area contributed by atoms with Gasteiger partial charge in [0.15, 0.2) is 0 Å². The monoisotopic (exact) mass is 433 g/mol.